The van der Waals surface area contributed by atoms with Gasteiger partial charge in [-0.2, -0.15) is 0 Å². The van der Waals surface area contributed by atoms with Gasteiger partial charge in [-0.05, 0) is 30.7 Å². The highest BCUT2D eigenvalue weighted by molar-refractivity contribution is 6.31. The molecule has 1 aliphatic rings. The molecule has 1 aliphatic heterocycles. The van der Waals surface area contributed by atoms with Crippen molar-refractivity contribution in [1.82, 2.24) is 4.98 Å². The number of aromatic nitrogens is 1. The molecular formula is C15H11ClFN2O2. The van der Waals surface area contributed by atoms with Gasteiger partial charge in [0, 0.05) is 17.4 Å². The summed E-state index contributed by atoms with van der Waals surface area (Å²) in [5.41, 5.74) is 1.49. The first-order chi connectivity index (χ1) is 10.1. The lowest BCUT2D eigenvalue weighted by Gasteiger charge is -2.13. The highest BCUT2D eigenvalue weighted by atomic mass is 35.5. The molecule has 1 amide bonds. The molecule has 4 nitrogen and oxygen atoms in total. The van der Waals surface area contributed by atoms with Crippen LogP contribution in [-0.4, -0.2) is 17.5 Å². The van der Waals surface area contributed by atoms with Gasteiger partial charge in [0.25, 0.3) is 0 Å². The number of halogens is 2. The summed E-state index contributed by atoms with van der Waals surface area (Å²) in [5, 5.41) is 2.59. The summed E-state index contributed by atoms with van der Waals surface area (Å²) in [4.78, 5) is 16.3. The summed E-state index contributed by atoms with van der Waals surface area (Å²) in [6.07, 6.45) is 1.58. The monoisotopic (exact) mass is 305 g/mol. The van der Waals surface area contributed by atoms with E-state index in [2.05, 4.69) is 10.3 Å². The maximum atomic E-state index is 13.5. The van der Waals surface area contributed by atoms with Crippen molar-refractivity contribution in [2.45, 2.75) is 6.92 Å². The lowest BCUT2D eigenvalue weighted by molar-refractivity contribution is -0.113. The van der Waals surface area contributed by atoms with Gasteiger partial charge in [-0.3, -0.25) is 4.79 Å². The van der Waals surface area contributed by atoms with Crippen LogP contribution in [0, 0.1) is 11.7 Å². The Morgan fingerprint density at radius 3 is 2.95 bits per heavy atom. The Morgan fingerprint density at radius 2 is 2.19 bits per heavy atom. The van der Waals surface area contributed by atoms with Crippen LogP contribution in [0.5, 0.6) is 5.88 Å². The zero-order chi connectivity index (χ0) is 15.0. The van der Waals surface area contributed by atoms with Crippen LogP contribution >= 0.6 is 11.6 Å². The molecule has 107 valence electrons. The second kappa shape index (κ2) is 5.33. The molecule has 1 aromatic carbocycles. The second-order valence-corrected chi connectivity index (χ2v) is 4.84. The van der Waals surface area contributed by atoms with E-state index < -0.39 is 5.82 Å². The number of anilines is 1. The van der Waals surface area contributed by atoms with E-state index in [1.807, 2.05) is 6.92 Å². The minimum atomic E-state index is -0.576. The standard InChI is InChI=1S/C15H11ClFN2O2/c1-2-21-15-8(4-3-5-18-15)13-9-6-10(16)11(17)7-12(9)19-14(13)20/h3-7H,2H2,1H3,(H,19,20). The third-order valence-electron chi connectivity index (χ3n) is 3.13. The highest BCUT2D eigenvalue weighted by Gasteiger charge is 2.36. The van der Waals surface area contributed by atoms with E-state index >= 15 is 0 Å². The SMILES string of the molecule is CCOc1ncccc1[C]1C(=O)Nc2cc(F)c(Cl)cc21. The number of nitrogens with zero attached hydrogens (tertiary/aromatic N) is 1. The van der Waals surface area contributed by atoms with Gasteiger partial charge in [0.2, 0.25) is 11.8 Å². The van der Waals surface area contributed by atoms with Gasteiger partial charge in [-0.1, -0.05) is 17.7 Å². The van der Waals surface area contributed by atoms with E-state index in [-0.39, 0.29) is 10.9 Å². The first-order valence-corrected chi connectivity index (χ1v) is 6.75. The number of ether oxygens (including phenoxy) is 1. The molecule has 0 saturated heterocycles. The van der Waals surface area contributed by atoms with Crippen molar-refractivity contribution in [1.29, 1.82) is 0 Å². The zero-order valence-corrected chi connectivity index (χ0v) is 11.9. The Bertz CT molecular complexity index is 721. The minimum absolute atomic E-state index is 0.0374. The average Bonchev–Trinajstić information content (AvgIpc) is 2.76. The van der Waals surface area contributed by atoms with Crippen LogP contribution < -0.4 is 10.1 Å². The lowest BCUT2D eigenvalue weighted by atomic mass is 9.93. The molecule has 6 heteroatoms. The first-order valence-electron chi connectivity index (χ1n) is 6.37. The Hall–Kier alpha value is -2.14. The van der Waals surface area contributed by atoms with Crippen LogP contribution in [0.25, 0.3) is 0 Å². The average molecular weight is 306 g/mol. The van der Waals surface area contributed by atoms with E-state index in [9.17, 15) is 9.18 Å². The highest BCUT2D eigenvalue weighted by Crippen LogP contribution is 2.41. The van der Waals surface area contributed by atoms with Crippen molar-refractivity contribution < 1.29 is 13.9 Å². The van der Waals surface area contributed by atoms with E-state index in [0.29, 0.717) is 35.2 Å². The molecular weight excluding hydrogens is 295 g/mol. The molecule has 1 radical (unpaired) electrons. The van der Waals surface area contributed by atoms with Gasteiger partial charge in [-0.15, -0.1) is 0 Å². The van der Waals surface area contributed by atoms with E-state index in [1.165, 1.54) is 12.1 Å². The number of fused-ring (bicyclic) bond motifs is 1. The van der Waals surface area contributed by atoms with E-state index in [0.717, 1.165) is 0 Å². The Morgan fingerprint density at radius 1 is 1.38 bits per heavy atom. The maximum Gasteiger partial charge on any atom is 0.241 e. The molecule has 21 heavy (non-hydrogen) atoms. The first kappa shape index (κ1) is 13.8. The number of rotatable bonds is 3. The molecule has 0 atom stereocenters. The predicted octanol–water partition coefficient (Wildman–Crippen LogP) is 3.20. The van der Waals surface area contributed by atoms with Crippen molar-refractivity contribution in [3.8, 4) is 5.88 Å². The van der Waals surface area contributed by atoms with Crippen LogP contribution in [0.4, 0.5) is 10.1 Å². The van der Waals surface area contributed by atoms with Gasteiger partial charge in [0.05, 0.1) is 11.6 Å². The summed E-state index contributed by atoms with van der Waals surface area (Å²) in [6, 6.07) is 6.09. The number of pyridine rings is 1. The molecule has 1 aromatic heterocycles. The molecule has 0 spiro atoms. The topological polar surface area (TPSA) is 51.2 Å². The summed E-state index contributed by atoms with van der Waals surface area (Å²) < 4.78 is 18.9. The van der Waals surface area contributed by atoms with Crippen molar-refractivity contribution in [3.05, 3.63) is 58.3 Å². The number of amides is 1. The Kier molecular flexibility index (Phi) is 3.51. The van der Waals surface area contributed by atoms with Crippen molar-refractivity contribution in [2.75, 3.05) is 11.9 Å². The number of hydrogen-bond acceptors (Lipinski definition) is 3. The van der Waals surface area contributed by atoms with Crippen LogP contribution in [0.2, 0.25) is 5.02 Å². The van der Waals surface area contributed by atoms with Crippen LogP contribution in [0.3, 0.4) is 0 Å². The smallest absolute Gasteiger partial charge is 0.241 e. The van der Waals surface area contributed by atoms with Crippen LogP contribution in [0.15, 0.2) is 30.5 Å². The number of carbonyl (C=O) groups excluding carboxylic acids is 1. The van der Waals surface area contributed by atoms with Gasteiger partial charge in [0.15, 0.2) is 0 Å². The summed E-state index contributed by atoms with van der Waals surface area (Å²) in [7, 11) is 0. The molecule has 2 heterocycles. The fourth-order valence-corrected chi connectivity index (χ4v) is 2.43. The number of carbonyl (C=O) groups is 1. The molecule has 2 aromatic rings. The van der Waals surface area contributed by atoms with Gasteiger partial charge in [-0.25, -0.2) is 9.37 Å². The maximum absolute atomic E-state index is 13.5. The molecule has 0 saturated carbocycles. The zero-order valence-electron chi connectivity index (χ0n) is 11.1. The Balaban J connectivity index is 2.13. The van der Waals surface area contributed by atoms with Gasteiger partial charge >= 0.3 is 0 Å². The van der Waals surface area contributed by atoms with Gasteiger partial charge in [0.1, 0.15) is 11.7 Å². The van der Waals surface area contributed by atoms with Crippen molar-refractivity contribution in [3.63, 3.8) is 0 Å². The fraction of sp³-hybridized carbons (Fsp3) is 0.133. The number of benzene rings is 1. The third-order valence-corrected chi connectivity index (χ3v) is 3.42. The molecule has 0 fully saturated rings. The number of nitrogens with one attached hydrogen (secondary N) is 1. The lowest BCUT2D eigenvalue weighted by Crippen LogP contribution is -2.15. The molecule has 0 bridgehead atoms. The normalized spacial score (nSPS) is 14.0. The van der Waals surface area contributed by atoms with Crippen molar-refractivity contribution in [2.24, 2.45) is 0 Å². The van der Waals surface area contributed by atoms with E-state index in [4.69, 9.17) is 16.3 Å². The van der Waals surface area contributed by atoms with Gasteiger partial charge < -0.3 is 10.1 Å². The molecule has 3 rings (SSSR count). The summed E-state index contributed by atoms with van der Waals surface area (Å²) in [5.74, 6) is -0.171. The Labute approximate surface area is 125 Å². The minimum Gasteiger partial charge on any atom is -0.478 e. The molecule has 1 N–H and O–H groups in total. The second-order valence-electron chi connectivity index (χ2n) is 4.43. The van der Waals surface area contributed by atoms with Crippen LogP contribution in [0.1, 0.15) is 18.1 Å². The van der Waals surface area contributed by atoms with E-state index in [1.54, 1.807) is 18.3 Å². The summed E-state index contributed by atoms with van der Waals surface area (Å²) >= 11 is 5.82. The largest absolute Gasteiger partial charge is 0.478 e. The number of hydrogen-bond donors (Lipinski definition) is 1. The molecule has 0 unspecified atom stereocenters. The quantitative estimate of drug-likeness (QED) is 0.947. The summed E-state index contributed by atoms with van der Waals surface area (Å²) in [6.45, 7) is 2.26. The molecule has 0 aliphatic carbocycles. The predicted molar refractivity (Wildman–Crippen MR) is 76.9 cm³/mol. The fourth-order valence-electron chi connectivity index (χ4n) is 2.26. The third kappa shape index (κ3) is 2.34. The van der Waals surface area contributed by atoms with Crippen molar-refractivity contribution >= 4 is 23.2 Å². The van der Waals surface area contributed by atoms with Crippen LogP contribution in [-0.2, 0) is 4.79 Å².